The van der Waals surface area contributed by atoms with E-state index >= 15 is 0 Å². The van der Waals surface area contributed by atoms with Gasteiger partial charge in [-0.25, -0.2) is 8.42 Å². The normalized spacial score (nSPS) is 11.8. The summed E-state index contributed by atoms with van der Waals surface area (Å²) in [6.45, 7) is 6.83. The van der Waals surface area contributed by atoms with Crippen molar-refractivity contribution in [3.8, 4) is 0 Å². The molecular formula is C12H21N3O4S2. The summed E-state index contributed by atoms with van der Waals surface area (Å²) in [5.74, 6) is 0. The molecule has 1 rings (SSSR count). The first-order chi connectivity index (χ1) is 9.88. The van der Waals surface area contributed by atoms with E-state index in [4.69, 9.17) is 0 Å². The molecule has 0 aromatic carbocycles. The van der Waals surface area contributed by atoms with E-state index in [1.165, 1.54) is 4.31 Å². The van der Waals surface area contributed by atoms with Crippen molar-refractivity contribution in [1.29, 1.82) is 0 Å². The molecule has 0 fully saturated rings. The van der Waals surface area contributed by atoms with Gasteiger partial charge in [-0.2, -0.15) is 4.31 Å². The Morgan fingerprint density at radius 3 is 2.52 bits per heavy atom. The second-order valence-electron chi connectivity index (χ2n) is 4.42. The van der Waals surface area contributed by atoms with E-state index in [0.717, 1.165) is 30.2 Å². The zero-order chi connectivity index (χ0) is 16.0. The van der Waals surface area contributed by atoms with Crippen molar-refractivity contribution in [2.24, 2.45) is 0 Å². The third-order valence-electron chi connectivity index (χ3n) is 2.93. The van der Waals surface area contributed by atoms with Crippen molar-refractivity contribution in [2.45, 2.75) is 37.8 Å². The fourth-order valence-electron chi connectivity index (χ4n) is 1.82. The SMILES string of the molecule is CCCCN(CC)S(=O)(=O)c1cc([N+](=O)[O-])c(NCC)s1. The summed E-state index contributed by atoms with van der Waals surface area (Å²) in [5.41, 5.74) is -0.188. The maximum Gasteiger partial charge on any atom is 0.304 e. The Kier molecular flexibility index (Phi) is 6.56. The van der Waals surface area contributed by atoms with Crippen LogP contribution in [0.5, 0.6) is 0 Å². The van der Waals surface area contributed by atoms with Gasteiger partial charge in [0, 0.05) is 25.7 Å². The van der Waals surface area contributed by atoms with Crippen LogP contribution in [0, 0.1) is 10.1 Å². The number of sulfonamides is 1. The van der Waals surface area contributed by atoms with Gasteiger partial charge in [0.15, 0.2) is 5.00 Å². The smallest absolute Gasteiger partial charge is 0.304 e. The highest BCUT2D eigenvalue weighted by atomic mass is 32.2. The summed E-state index contributed by atoms with van der Waals surface area (Å²) < 4.78 is 26.5. The van der Waals surface area contributed by atoms with Crippen molar-refractivity contribution in [2.75, 3.05) is 25.0 Å². The minimum atomic E-state index is -3.67. The van der Waals surface area contributed by atoms with Crippen LogP contribution in [-0.2, 0) is 10.0 Å². The molecule has 0 radical (unpaired) electrons. The zero-order valence-corrected chi connectivity index (χ0v) is 14.1. The van der Waals surface area contributed by atoms with Crippen LogP contribution in [0.1, 0.15) is 33.6 Å². The fourth-order valence-corrected chi connectivity index (χ4v) is 4.86. The summed E-state index contributed by atoms with van der Waals surface area (Å²) in [7, 11) is -3.67. The molecule has 9 heteroatoms. The van der Waals surface area contributed by atoms with Gasteiger partial charge < -0.3 is 5.32 Å². The molecule has 0 saturated heterocycles. The van der Waals surface area contributed by atoms with E-state index in [-0.39, 0.29) is 14.9 Å². The van der Waals surface area contributed by atoms with Crippen molar-refractivity contribution >= 4 is 32.0 Å². The van der Waals surface area contributed by atoms with Crippen LogP contribution in [0.3, 0.4) is 0 Å². The minimum Gasteiger partial charge on any atom is -0.372 e. The van der Waals surface area contributed by atoms with Crippen LogP contribution in [0.2, 0.25) is 0 Å². The largest absolute Gasteiger partial charge is 0.372 e. The van der Waals surface area contributed by atoms with E-state index in [1.54, 1.807) is 13.8 Å². The van der Waals surface area contributed by atoms with Gasteiger partial charge in [-0.1, -0.05) is 31.6 Å². The predicted molar refractivity (Wildman–Crippen MR) is 84.5 cm³/mol. The highest BCUT2D eigenvalue weighted by Gasteiger charge is 2.29. The van der Waals surface area contributed by atoms with Gasteiger partial charge in [-0.3, -0.25) is 10.1 Å². The fraction of sp³-hybridized carbons (Fsp3) is 0.667. The lowest BCUT2D eigenvalue weighted by molar-refractivity contribution is -0.383. The van der Waals surface area contributed by atoms with Crippen LogP contribution in [0.15, 0.2) is 10.3 Å². The van der Waals surface area contributed by atoms with E-state index in [9.17, 15) is 18.5 Å². The molecule has 1 heterocycles. The molecule has 0 bridgehead atoms. The molecule has 0 aliphatic rings. The lowest BCUT2D eigenvalue weighted by Crippen LogP contribution is -2.31. The van der Waals surface area contributed by atoms with Crippen LogP contribution in [0.25, 0.3) is 0 Å². The number of anilines is 1. The van der Waals surface area contributed by atoms with Crippen LogP contribution < -0.4 is 5.32 Å². The number of nitro groups is 1. The molecule has 0 aliphatic heterocycles. The third kappa shape index (κ3) is 4.14. The number of unbranched alkanes of at least 4 members (excludes halogenated alkanes) is 1. The average Bonchev–Trinajstić information content (AvgIpc) is 2.85. The molecule has 1 aromatic rings. The van der Waals surface area contributed by atoms with Crippen molar-refractivity contribution in [3.05, 3.63) is 16.2 Å². The molecule has 21 heavy (non-hydrogen) atoms. The number of nitrogens with one attached hydrogen (secondary N) is 1. The number of hydrogen-bond donors (Lipinski definition) is 1. The average molecular weight is 335 g/mol. The number of hydrogen-bond acceptors (Lipinski definition) is 6. The predicted octanol–water partition coefficient (Wildman–Crippen LogP) is 2.90. The molecule has 7 nitrogen and oxygen atoms in total. The second-order valence-corrected chi connectivity index (χ2v) is 7.63. The van der Waals surface area contributed by atoms with Crippen LogP contribution >= 0.6 is 11.3 Å². The zero-order valence-electron chi connectivity index (χ0n) is 12.5. The van der Waals surface area contributed by atoms with Gasteiger partial charge in [-0.15, -0.1) is 0 Å². The van der Waals surface area contributed by atoms with Crippen molar-refractivity contribution in [3.63, 3.8) is 0 Å². The lowest BCUT2D eigenvalue weighted by Gasteiger charge is -2.18. The molecule has 1 aromatic heterocycles. The van der Waals surface area contributed by atoms with E-state index in [2.05, 4.69) is 5.32 Å². The van der Waals surface area contributed by atoms with Gasteiger partial charge in [0.1, 0.15) is 4.21 Å². The first-order valence-electron chi connectivity index (χ1n) is 6.90. The van der Waals surface area contributed by atoms with Gasteiger partial charge in [0.05, 0.1) is 4.92 Å². The molecule has 0 spiro atoms. The Balaban J connectivity index is 3.18. The Labute approximate surface area is 129 Å². The monoisotopic (exact) mass is 335 g/mol. The Bertz CT molecular complexity index is 583. The molecule has 1 N–H and O–H groups in total. The number of rotatable bonds is 9. The minimum absolute atomic E-state index is 0.0168. The quantitative estimate of drug-likeness (QED) is 0.553. The maximum absolute atomic E-state index is 12.5. The highest BCUT2D eigenvalue weighted by molar-refractivity contribution is 7.91. The number of nitrogens with zero attached hydrogens (tertiary/aromatic N) is 2. The summed E-state index contributed by atoms with van der Waals surface area (Å²) in [5, 5.41) is 14.1. The Morgan fingerprint density at radius 2 is 2.05 bits per heavy atom. The standard InChI is InChI=1S/C12H21N3O4S2/c1-4-7-8-14(6-3)21(18,19)11-9-10(15(16)17)12(20-11)13-5-2/h9,13H,4-8H2,1-3H3. The first-order valence-corrected chi connectivity index (χ1v) is 9.16. The second kappa shape index (κ2) is 7.71. The van der Waals surface area contributed by atoms with Crippen LogP contribution in [-0.4, -0.2) is 37.3 Å². The third-order valence-corrected chi connectivity index (χ3v) is 6.44. The molecule has 120 valence electrons. The van der Waals surface area contributed by atoms with Gasteiger partial charge in [-0.05, 0) is 13.3 Å². The Hall–Kier alpha value is -1.19. The van der Waals surface area contributed by atoms with Crippen LogP contribution in [0.4, 0.5) is 10.7 Å². The summed E-state index contributed by atoms with van der Waals surface area (Å²) >= 11 is 0.914. The molecule has 0 atom stereocenters. The van der Waals surface area contributed by atoms with Crippen molar-refractivity contribution < 1.29 is 13.3 Å². The summed E-state index contributed by atoms with van der Waals surface area (Å²) in [6.07, 6.45) is 1.65. The first kappa shape index (κ1) is 17.9. The topological polar surface area (TPSA) is 92.5 Å². The van der Waals surface area contributed by atoms with E-state index < -0.39 is 14.9 Å². The highest BCUT2D eigenvalue weighted by Crippen LogP contribution is 2.38. The Morgan fingerprint density at radius 1 is 1.38 bits per heavy atom. The number of thiophene rings is 1. The maximum atomic E-state index is 12.5. The molecular weight excluding hydrogens is 314 g/mol. The van der Waals surface area contributed by atoms with Gasteiger partial charge >= 0.3 is 5.69 Å². The molecule has 0 saturated carbocycles. The van der Waals surface area contributed by atoms with Gasteiger partial charge in [0.25, 0.3) is 10.0 Å². The molecule has 0 aliphatic carbocycles. The van der Waals surface area contributed by atoms with Gasteiger partial charge in [0.2, 0.25) is 0 Å². The molecule has 0 unspecified atom stereocenters. The summed E-state index contributed by atoms with van der Waals surface area (Å²) in [4.78, 5) is 10.5. The van der Waals surface area contributed by atoms with Crippen molar-refractivity contribution in [1.82, 2.24) is 4.31 Å². The van der Waals surface area contributed by atoms with E-state index in [1.807, 2.05) is 6.92 Å². The summed E-state index contributed by atoms with van der Waals surface area (Å²) in [6, 6.07) is 1.15. The molecule has 0 amide bonds. The van der Waals surface area contributed by atoms with E-state index in [0.29, 0.717) is 19.6 Å². The lowest BCUT2D eigenvalue weighted by atomic mass is 10.3.